The molecule has 2 unspecified atom stereocenters. The summed E-state index contributed by atoms with van der Waals surface area (Å²) in [6.45, 7) is 18.2. The molecule has 1 saturated carbocycles. The highest BCUT2D eigenvalue weighted by atomic mass is 15.4. The third-order valence-corrected chi connectivity index (χ3v) is 8.93. The van der Waals surface area contributed by atoms with Crippen molar-refractivity contribution in [3.8, 4) is 0 Å². The first-order valence-corrected chi connectivity index (χ1v) is 14.3. The van der Waals surface area contributed by atoms with E-state index in [2.05, 4.69) is 68.9 Å². The van der Waals surface area contributed by atoms with E-state index < -0.39 is 0 Å². The minimum absolute atomic E-state index is 0.0980. The van der Waals surface area contributed by atoms with Crippen molar-refractivity contribution in [1.29, 1.82) is 0 Å². The fourth-order valence-electron chi connectivity index (χ4n) is 8.27. The Kier molecular flexibility index (Phi) is 6.35. The van der Waals surface area contributed by atoms with E-state index in [4.69, 9.17) is 15.0 Å². The lowest BCUT2D eigenvalue weighted by molar-refractivity contribution is -0.0526. The molecule has 1 aromatic heterocycles. The van der Waals surface area contributed by atoms with Gasteiger partial charge in [-0.05, 0) is 86.0 Å². The highest BCUT2D eigenvalue weighted by Crippen LogP contribution is 2.54. The summed E-state index contributed by atoms with van der Waals surface area (Å²) in [5.74, 6) is 2.65. The lowest BCUT2D eigenvalue weighted by Gasteiger charge is -2.67. The van der Waals surface area contributed by atoms with Crippen molar-refractivity contribution in [2.24, 2.45) is 0 Å². The second kappa shape index (κ2) is 8.83. The van der Waals surface area contributed by atoms with Gasteiger partial charge in [-0.1, -0.05) is 26.7 Å². The minimum atomic E-state index is 0.0980. The molecule has 2 N–H and O–H groups in total. The molecule has 5 aliphatic rings. The van der Waals surface area contributed by atoms with Gasteiger partial charge in [0.25, 0.3) is 0 Å². The molecule has 1 aliphatic carbocycles. The van der Waals surface area contributed by atoms with Gasteiger partial charge in [0, 0.05) is 47.3 Å². The van der Waals surface area contributed by atoms with Crippen LogP contribution in [0, 0.1) is 6.92 Å². The van der Waals surface area contributed by atoms with E-state index >= 15 is 0 Å². The predicted octanol–water partition coefficient (Wildman–Crippen LogP) is 4.74. The number of piperidine rings is 2. The van der Waals surface area contributed by atoms with E-state index in [1.54, 1.807) is 0 Å². The second-order valence-electron chi connectivity index (χ2n) is 13.6. The SMILES string of the molecule is CCCCN1c2nc(C)nc(n2)N(CCCC)C2CC(C)(C)NC3(C2)CC2(CC1CC(C)(C)N2)C3. The maximum atomic E-state index is 5.25. The number of unbranched alkanes of at least 4 members (excludes halogenated alkanes) is 2. The molecule has 196 valence electrons. The molecule has 6 bridgehead atoms. The molecule has 0 aromatic carbocycles. The fraction of sp³-hybridized carbons (Fsp3) is 0.893. The lowest BCUT2D eigenvalue weighted by Crippen LogP contribution is -2.80. The van der Waals surface area contributed by atoms with Gasteiger partial charge in [0.05, 0.1) is 0 Å². The second-order valence-corrected chi connectivity index (χ2v) is 13.6. The summed E-state index contributed by atoms with van der Waals surface area (Å²) in [5, 5.41) is 8.30. The van der Waals surface area contributed by atoms with Crippen LogP contribution in [0.3, 0.4) is 0 Å². The van der Waals surface area contributed by atoms with Crippen LogP contribution in [-0.4, -0.2) is 62.3 Å². The maximum Gasteiger partial charge on any atom is 0.230 e. The molecule has 1 aromatic rings. The Morgan fingerprint density at radius 1 is 0.714 bits per heavy atom. The van der Waals surface area contributed by atoms with Crippen molar-refractivity contribution < 1.29 is 0 Å². The number of nitrogens with one attached hydrogen (secondary N) is 2. The minimum Gasteiger partial charge on any atom is -0.338 e. The molecule has 6 rings (SSSR count). The molecule has 5 heterocycles. The Morgan fingerprint density at radius 3 is 1.54 bits per heavy atom. The van der Waals surface area contributed by atoms with Gasteiger partial charge in [0.1, 0.15) is 5.82 Å². The summed E-state index contributed by atoms with van der Waals surface area (Å²) in [6.07, 6.45) is 11.7. The molecule has 7 nitrogen and oxygen atoms in total. The number of hydrogen-bond acceptors (Lipinski definition) is 7. The van der Waals surface area contributed by atoms with Crippen LogP contribution in [0.25, 0.3) is 0 Å². The molecule has 3 fully saturated rings. The van der Waals surface area contributed by atoms with Crippen LogP contribution in [0.1, 0.15) is 112 Å². The quantitative estimate of drug-likeness (QED) is 0.606. The third-order valence-electron chi connectivity index (χ3n) is 8.93. The van der Waals surface area contributed by atoms with Gasteiger partial charge in [0.2, 0.25) is 11.9 Å². The number of nitrogens with zero attached hydrogens (tertiary/aromatic N) is 5. The van der Waals surface area contributed by atoms with E-state index in [-0.39, 0.29) is 22.2 Å². The van der Waals surface area contributed by atoms with Gasteiger partial charge in [-0.2, -0.15) is 15.0 Å². The number of rotatable bonds is 6. The summed E-state index contributed by atoms with van der Waals surface area (Å²) in [6, 6.07) is 0.890. The Morgan fingerprint density at radius 2 is 1.14 bits per heavy atom. The average Bonchev–Trinajstić information content (AvgIpc) is 2.70. The number of aryl methyl sites for hydroxylation is 1. The molecule has 4 aliphatic heterocycles. The number of aromatic nitrogens is 3. The van der Waals surface area contributed by atoms with E-state index in [1.165, 1.54) is 51.4 Å². The van der Waals surface area contributed by atoms with Crippen molar-refractivity contribution in [1.82, 2.24) is 25.6 Å². The van der Waals surface area contributed by atoms with Crippen LogP contribution in [-0.2, 0) is 0 Å². The highest BCUT2D eigenvalue weighted by Gasteiger charge is 2.62. The van der Waals surface area contributed by atoms with Crippen molar-refractivity contribution >= 4 is 11.9 Å². The zero-order valence-corrected chi connectivity index (χ0v) is 23.4. The zero-order chi connectivity index (χ0) is 25.1. The summed E-state index contributed by atoms with van der Waals surface area (Å²) in [5.41, 5.74) is 0.585. The summed E-state index contributed by atoms with van der Waals surface area (Å²) in [4.78, 5) is 20.3. The smallest absolute Gasteiger partial charge is 0.230 e. The van der Waals surface area contributed by atoms with Crippen molar-refractivity contribution in [3.63, 3.8) is 0 Å². The molecular formula is C28H49N7. The van der Waals surface area contributed by atoms with E-state index in [1.807, 2.05) is 0 Å². The van der Waals surface area contributed by atoms with Crippen molar-refractivity contribution in [2.45, 2.75) is 147 Å². The largest absolute Gasteiger partial charge is 0.338 e. The zero-order valence-electron chi connectivity index (χ0n) is 23.4. The first-order valence-electron chi connectivity index (χ1n) is 14.3. The third kappa shape index (κ3) is 4.92. The van der Waals surface area contributed by atoms with Crippen LogP contribution in [0.15, 0.2) is 0 Å². The van der Waals surface area contributed by atoms with Gasteiger partial charge in [0.15, 0.2) is 0 Å². The lowest BCUT2D eigenvalue weighted by atomic mass is 9.53. The van der Waals surface area contributed by atoms with Crippen LogP contribution in [0.5, 0.6) is 0 Å². The summed E-state index contributed by atoms with van der Waals surface area (Å²) in [7, 11) is 0. The van der Waals surface area contributed by atoms with Gasteiger partial charge in [-0.15, -0.1) is 0 Å². The maximum absolute atomic E-state index is 5.25. The molecule has 0 radical (unpaired) electrons. The van der Waals surface area contributed by atoms with Crippen LogP contribution in [0.2, 0.25) is 0 Å². The summed E-state index contributed by atoms with van der Waals surface area (Å²) < 4.78 is 0. The van der Waals surface area contributed by atoms with E-state index in [0.29, 0.717) is 12.1 Å². The predicted molar refractivity (Wildman–Crippen MR) is 144 cm³/mol. The molecule has 35 heavy (non-hydrogen) atoms. The van der Waals surface area contributed by atoms with Crippen LogP contribution >= 0.6 is 0 Å². The van der Waals surface area contributed by atoms with Gasteiger partial charge in [-0.3, -0.25) is 0 Å². The van der Waals surface area contributed by atoms with Crippen LogP contribution in [0.4, 0.5) is 11.9 Å². The summed E-state index contributed by atoms with van der Waals surface area (Å²) >= 11 is 0. The fourth-order valence-corrected chi connectivity index (χ4v) is 8.27. The molecular weight excluding hydrogens is 434 g/mol. The Labute approximate surface area is 213 Å². The molecule has 7 heteroatoms. The molecule has 2 spiro atoms. The monoisotopic (exact) mass is 483 g/mol. The molecule has 0 amide bonds. The first kappa shape index (κ1) is 25.2. The topological polar surface area (TPSA) is 69.2 Å². The molecule has 2 atom stereocenters. The van der Waals surface area contributed by atoms with Crippen LogP contribution < -0.4 is 20.4 Å². The molecule has 2 saturated heterocycles. The van der Waals surface area contributed by atoms with Gasteiger partial charge >= 0.3 is 0 Å². The number of hydrogen-bond donors (Lipinski definition) is 2. The standard InChI is InChI=1S/C28H49N7/c1-8-10-12-34-21-14-25(4,5)32-27(16-21)18-28(19-27)17-22(15-26(6,7)33-28)35(13-11-9-2)24-30-20(3)29-23(34)31-24/h21-22,32-33H,8-19H2,1-7H3. The van der Waals surface area contributed by atoms with Crippen molar-refractivity contribution in [3.05, 3.63) is 5.82 Å². The van der Waals surface area contributed by atoms with E-state index in [9.17, 15) is 0 Å². The van der Waals surface area contributed by atoms with Gasteiger partial charge in [-0.25, -0.2) is 0 Å². The normalized spacial score (nSPS) is 35.1. The van der Waals surface area contributed by atoms with Crippen molar-refractivity contribution in [2.75, 3.05) is 22.9 Å². The Balaban J connectivity index is 1.64. The van der Waals surface area contributed by atoms with Gasteiger partial charge < -0.3 is 20.4 Å². The van der Waals surface area contributed by atoms with E-state index in [0.717, 1.165) is 43.7 Å². The average molecular weight is 484 g/mol. The Hall–Kier alpha value is -1.47. The highest BCUT2D eigenvalue weighted by molar-refractivity contribution is 5.43. The first-order chi connectivity index (χ1) is 16.5. The number of anilines is 2. The Bertz CT molecular complexity index is 852.